The molecule has 12 heteroatoms. The number of anilines is 2. The van der Waals surface area contributed by atoms with Gasteiger partial charge in [0.1, 0.15) is 11.4 Å². The third-order valence-electron chi connectivity index (χ3n) is 9.22. The zero-order valence-electron chi connectivity index (χ0n) is 32.0. The summed E-state index contributed by atoms with van der Waals surface area (Å²) in [6.07, 6.45) is 2.97. The highest BCUT2D eigenvalue weighted by Crippen LogP contribution is 2.43. The van der Waals surface area contributed by atoms with Crippen molar-refractivity contribution in [3.05, 3.63) is 18.2 Å². The molecule has 0 spiro atoms. The van der Waals surface area contributed by atoms with Crippen LogP contribution in [0.1, 0.15) is 87.5 Å². The fourth-order valence-corrected chi connectivity index (χ4v) is 6.78. The fourth-order valence-electron chi connectivity index (χ4n) is 6.78. The summed E-state index contributed by atoms with van der Waals surface area (Å²) in [6.45, 7) is 17.7. The van der Waals surface area contributed by atoms with Crippen molar-refractivity contribution in [1.29, 1.82) is 0 Å². The largest absolute Gasteiger partial charge is 0.476 e. The molecule has 1 N–H and O–H groups in total. The number of piperidine rings is 1. The molecule has 1 aromatic rings. The van der Waals surface area contributed by atoms with E-state index in [0.29, 0.717) is 49.2 Å². The van der Waals surface area contributed by atoms with E-state index in [1.54, 1.807) is 39.5 Å². The quantitative estimate of drug-likeness (QED) is 0.286. The number of rotatable bonds is 14. The molecule has 1 aromatic carbocycles. The lowest BCUT2D eigenvalue weighted by Crippen LogP contribution is -2.55. The summed E-state index contributed by atoms with van der Waals surface area (Å²) in [5, 5.41) is 3.17. The van der Waals surface area contributed by atoms with Crippen LogP contribution in [0.15, 0.2) is 18.2 Å². The molecule has 0 bridgehead atoms. The molecular formula is C38H61N5O7. The van der Waals surface area contributed by atoms with Crippen molar-refractivity contribution in [3.63, 3.8) is 0 Å². The first-order chi connectivity index (χ1) is 23.4. The van der Waals surface area contributed by atoms with Crippen LogP contribution in [-0.2, 0) is 23.9 Å². The summed E-state index contributed by atoms with van der Waals surface area (Å²) >= 11 is 0. The average molecular weight is 700 g/mol. The summed E-state index contributed by atoms with van der Waals surface area (Å²) in [5.74, 6) is -0.758. The number of benzene rings is 1. The molecule has 3 atom stereocenters. The molecular weight excluding hydrogens is 638 g/mol. The molecule has 2 aliphatic heterocycles. The summed E-state index contributed by atoms with van der Waals surface area (Å²) in [4.78, 5) is 62.7. The summed E-state index contributed by atoms with van der Waals surface area (Å²) in [6, 6.07) is 5.42. The van der Waals surface area contributed by atoms with Crippen LogP contribution in [0.4, 0.5) is 16.2 Å². The lowest BCUT2D eigenvalue weighted by molar-refractivity contribution is -0.133. The van der Waals surface area contributed by atoms with Crippen LogP contribution in [0, 0.1) is 17.8 Å². The number of hydrogen-bond acceptors (Lipinski definition) is 8. The van der Waals surface area contributed by atoms with Crippen LogP contribution >= 0.6 is 0 Å². The third-order valence-corrected chi connectivity index (χ3v) is 9.22. The molecule has 1 saturated carbocycles. The molecule has 4 amide bonds. The van der Waals surface area contributed by atoms with Crippen LogP contribution in [-0.4, -0.2) is 110 Å². The molecule has 0 aromatic heterocycles. The zero-order chi connectivity index (χ0) is 37.0. The van der Waals surface area contributed by atoms with Gasteiger partial charge in [0, 0.05) is 38.0 Å². The van der Waals surface area contributed by atoms with Crippen molar-refractivity contribution in [3.8, 4) is 5.75 Å². The number of amides is 4. The van der Waals surface area contributed by atoms with Gasteiger partial charge in [-0.1, -0.05) is 13.8 Å². The Morgan fingerprint density at radius 2 is 1.78 bits per heavy atom. The minimum absolute atomic E-state index is 0.00909. The van der Waals surface area contributed by atoms with Gasteiger partial charge in [-0.3, -0.25) is 14.4 Å². The van der Waals surface area contributed by atoms with Crippen LogP contribution in [0.3, 0.4) is 0 Å². The van der Waals surface area contributed by atoms with Crippen molar-refractivity contribution in [2.45, 2.75) is 111 Å². The van der Waals surface area contributed by atoms with Gasteiger partial charge < -0.3 is 39.1 Å². The Labute approximate surface area is 299 Å². The predicted octanol–water partition coefficient (Wildman–Crippen LogP) is 5.08. The summed E-state index contributed by atoms with van der Waals surface area (Å²) < 4.78 is 17.6. The van der Waals surface area contributed by atoms with Crippen molar-refractivity contribution in [2.75, 3.05) is 63.3 Å². The highest BCUT2D eigenvalue weighted by atomic mass is 16.6. The van der Waals surface area contributed by atoms with E-state index in [1.165, 1.54) is 4.90 Å². The monoisotopic (exact) mass is 699 g/mol. The second-order valence-corrected chi connectivity index (χ2v) is 16.3. The maximum absolute atomic E-state index is 14.7. The molecule has 0 radical (unpaired) electrons. The number of likely N-dealkylation sites (tertiary alicyclic amines) is 1. The highest BCUT2D eigenvalue weighted by molar-refractivity contribution is 6.04. The number of carbonyl (C=O) groups is 4. The van der Waals surface area contributed by atoms with Crippen molar-refractivity contribution in [1.82, 2.24) is 15.1 Å². The van der Waals surface area contributed by atoms with E-state index in [4.69, 9.17) is 14.2 Å². The third kappa shape index (κ3) is 10.3. The number of fused-ring (bicyclic) bond motifs is 1. The van der Waals surface area contributed by atoms with E-state index in [0.717, 1.165) is 32.2 Å². The van der Waals surface area contributed by atoms with Crippen molar-refractivity contribution < 1.29 is 33.4 Å². The first-order valence-electron chi connectivity index (χ1n) is 18.4. The molecule has 1 aliphatic carbocycles. The van der Waals surface area contributed by atoms with Gasteiger partial charge in [-0.15, -0.1) is 0 Å². The number of hydrogen-bond donors (Lipinski definition) is 1. The molecule has 2 fully saturated rings. The Morgan fingerprint density at radius 1 is 1.10 bits per heavy atom. The average Bonchev–Trinajstić information content (AvgIpc) is 3.85. The normalized spacial score (nSPS) is 21.1. The first kappa shape index (κ1) is 39.4. The molecule has 0 unspecified atom stereocenters. The van der Waals surface area contributed by atoms with Gasteiger partial charge in [-0.2, -0.15) is 0 Å². The van der Waals surface area contributed by atoms with Gasteiger partial charge in [-0.25, -0.2) is 4.79 Å². The molecule has 3 aliphatic rings. The van der Waals surface area contributed by atoms with Crippen LogP contribution in [0.2, 0.25) is 0 Å². The molecule has 1 saturated heterocycles. The summed E-state index contributed by atoms with van der Waals surface area (Å²) in [5.41, 5.74) is -0.431. The lowest BCUT2D eigenvalue weighted by atomic mass is 9.87. The van der Waals surface area contributed by atoms with Gasteiger partial charge in [0.05, 0.1) is 30.2 Å². The number of carbonyl (C=O) groups excluding carboxylic acids is 4. The molecule has 50 heavy (non-hydrogen) atoms. The maximum Gasteiger partial charge on any atom is 0.410 e. The molecule has 4 rings (SSSR count). The van der Waals surface area contributed by atoms with E-state index in [9.17, 15) is 19.2 Å². The standard InChI is InChI=1S/C38H61N5O7/c1-11-48-24-28(19-25(2)3)39-33(44)26-20-27(23-41(22-26)36(47)50-37(4,5)6)34(45)43(29-13-14-29)30-15-16-32-31(21-30)42(18-12-17-40(9)10)35(46)38(7,8)49-32/h15-16,21,25-29H,11-14,17-20,22-24H2,1-10H3,(H,39,44)/t26-,27+,28+/m0/s1. The minimum Gasteiger partial charge on any atom is -0.476 e. The Balaban J connectivity index is 1.63. The highest BCUT2D eigenvalue weighted by Gasteiger charge is 2.45. The van der Waals surface area contributed by atoms with Crippen molar-refractivity contribution >= 4 is 35.2 Å². The van der Waals surface area contributed by atoms with E-state index in [2.05, 4.69) is 24.1 Å². The van der Waals surface area contributed by atoms with E-state index in [1.807, 2.05) is 44.1 Å². The topological polar surface area (TPSA) is 121 Å². The van der Waals surface area contributed by atoms with Gasteiger partial charge in [0.15, 0.2) is 5.60 Å². The van der Waals surface area contributed by atoms with Crippen LogP contribution in [0.25, 0.3) is 0 Å². The second kappa shape index (κ2) is 16.3. The van der Waals surface area contributed by atoms with E-state index in [-0.39, 0.29) is 42.9 Å². The fraction of sp³-hybridized carbons (Fsp3) is 0.737. The lowest BCUT2D eigenvalue weighted by Gasteiger charge is -2.41. The first-order valence-corrected chi connectivity index (χ1v) is 18.4. The van der Waals surface area contributed by atoms with Crippen molar-refractivity contribution in [2.24, 2.45) is 17.8 Å². The summed E-state index contributed by atoms with van der Waals surface area (Å²) in [7, 11) is 4.01. The molecule has 12 nitrogen and oxygen atoms in total. The Hall–Kier alpha value is -3.38. The molecule has 2 heterocycles. The van der Waals surface area contributed by atoms with Gasteiger partial charge in [0.2, 0.25) is 11.8 Å². The van der Waals surface area contributed by atoms with Crippen LogP contribution < -0.4 is 19.9 Å². The predicted molar refractivity (Wildman–Crippen MR) is 194 cm³/mol. The Kier molecular flexibility index (Phi) is 12.9. The Bertz CT molecular complexity index is 1370. The Morgan fingerprint density at radius 3 is 2.38 bits per heavy atom. The zero-order valence-corrected chi connectivity index (χ0v) is 32.0. The number of nitrogens with zero attached hydrogens (tertiary/aromatic N) is 4. The molecule has 280 valence electrons. The SMILES string of the molecule is CCOC[C@@H](CC(C)C)NC(=O)[C@H]1C[C@@H](C(=O)N(c2ccc3c(c2)N(CCCN(C)C)C(=O)C(C)(C)O3)C2CC2)CN(C(=O)OC(C)(C)C)C1. The van der Waals surface area contributed by atoms with E-state index < -0.39 is 29.1 Å². The number of ether oxygens (including phenoxy) is 3. The minimum atomic E-state index is -1.02. The van der Waals surface area contributed by atoms with Gasteiger partial charge in [0.25, 0.3) is 5.91 Å². The smallest absolute Gasteiger partial charge is 0.410 e. The van der Waals surface area contributed by atoms with Crippen LogP contribution in [0.5, 0.6) is 5.75 Å². The second-order valence-electron chi connectivity index (χ2n) is 16.3. The maximum atomic E-state index is 14.7. The van der Waals surface area contributed by atoms with Gasteiger partial charge >= 0.3 is 6.09 Å². The van der Waals surface area contributed by atoms with E-state index >= 15 is 0 Å². The number of nitrogens with one attached hydrogen (secondary N) is 1. The van der Waals surface area contributed by atoms with Gasteiger partial charge in [-0.05, 0) is 118 Å².